The number of ether oxygens (including phenoxy) is 2. The summed E-state index contributed by atoms with van der Waals surface area (Å²) in [5.74, 6) is 0.449. The Labute approximate surface area is 249 Å². The lowest BCUT2D eigenvalue weighted by molar-refractivity contribution is 0.00922. The Morgan fingerprint density at radius 1 is 1.10 bits per heavy atom. The summed E-state index contributed by atoms with van der Waals surface area (Å²) in [6.45, 7) is 9.19. The van der Waals surface area contributed by atoms with Gasteiger partial charge in [0.1, 0.15) is 12.4 Å². The molecule has 0 unspecified atom stereocenters. The summed E-state index contributed by atoms with van der Waals surface area (Å²) in [6.07, 6.45) is 2.48. The van der Waals surface area contributed by atoms with E-state index in [4.69, 9.17) is 9.47 Å². The first-order chi connectivity index (χ1) is 20.3. The van der Waals surface area contributed by atoms with Crippen LogP contribution < -0.4 is 15.4 Å². The van der Waals surface area contributed by atoms with E-state index in [1.807, 2.05) is 25.1 Å². The minimum Gasteiger partial charge on any atom is -0.491 e. The van der Waals surface area contributed by atoms with Crippen LogP contribution in [0.4, 0.5) is 10.5 Å². The van der Waals surface area contributed by atoms with E-state index in [1.54, 1.807) is 43.5 Å². The second-order valence-electron chi connectivity index (χ2n) is 11.0. The van der Waals surface area contributed by atoms with Crippen LogP contribution in [-0.4, -0.2) is 79.3 Å². The Kier molecular flexibility index (Phi) is 10.9. The molecule has 1 aliphatic rings. The maximum Gasteiger partial charge on any atom is 0.319 e. The highest BCUT2D eigenvalue weighted by atomic mass is 16.5. The minimum atomic E-state index is -0.308. The van der Waals surface area contributed by atoms with E-state index in [-0.39, 0.29) is 30.0 Å². The fourth-order valence-corrected chi connectivity index (χ4v) is 5.11. The molecule has 9 heteroatoms. The van der Waals surface area contributed by atoms with E-state index < -0.39 is 0 Å². The second kappa shape index (κ2) is 14.8. The number of aromatic nitrogens is 1. The normalized spacial score (nSPS) is 20.1. The molecular formula is C33H43N5O4. The van der Waals surface area contributed by atoms with Gasteiger partial charge in [-0.2, -0.15) is 0 Å². The van der Waals surface area contributed by atoms with Crippen molar-refractivity contribution in [2.75, 3.05) is 45.7 Å². The van der Waals surface area contributed by atoms with Gasteiger partial charge in [-0.05, 0) is 55.2 Å². The Bertz CT molecular complexity index is 1320. The second-order valence-corrected chi connectivity index (χ2v) is 11.0. The number of hydrogen-bond acceptors (Lipinski definition) is 6. The number of rotatable bonds is 7. The summed E-state index contributed by atoms with van der Waals surface area (Å²) in [6, 6.07) is 19.4. The van der Waals surface area contributed by atoms with Crippen molar-refractivity contribution in [1.29, 1.82) is 0 Å². The van der Waals surface area contributed by atoms with Crippen LogP contribution in [0, 0.1) is 5.92 Å². The van der Waals surface area contributed by atoms with E-state index in [0.29, 0.717) is 36.7 Å². The Morgan fingerprint density at radius 2 is 1.88 bits per heavy atom. The summed E-state index contributed by atoms with van der Waals surface area (Å²) in [7, 11) is 3.47. The van der Waals surface area contributed by atoms with Gasteiger partial charge < -0.3 is 25.0 Å². The average molecular weight is 574 g/mol. The van der Waals surface area contributed by atoms with Crippen LogP contribution in [0.25, 0.3) is 11.3 Å². The zero-order valence-electron chi connectivity index (χ0n) is 25.3. The number of amides is 3. The highest BCUT2D eigenvalue weighted by Gasteiger charge is 2.28. The van der Waals surface area contributed by atoms with Crippen LogP contribution in [-0.2, 0) is 11.3 Å². The molecule has 0 bridgehead atoms. The molecule has 0 saturated carbocycles. The van der Waals surface area contributed by atoms with Crippen molar-refractivity contribution >= 4 is 17.6 Å². The number of fused-ring (bicyclic) bond motifs is 1. The van der Waals surface area contributed by atoms with Gasteiger partial charge in [0.25, 0.3) is 5.91 Å². The third kappa shape index (κ3) is 8.08. The molecule has 42 heavy (non-hydrogen) atoms. The van der Waals surface area contributed by atoms with Gasteiger partial charge >= 0.3 is 6.03 Å². The number of likely N-dealkylation sites (N-methyl/N-ethyl adjacent to an activating group) is 1. The monoisotopic (exact) mass is 573 g/mol. The van der Waals surface area contributed by atoms with Gasteiger partial charge in [0.05, 0.1) is 17.4 Å². The molecule has 224 valence electrons. The third-order valence-electron chi connectivity index (χ3n) is 7.67. The number of nitrogens with zero attached hydrogens (tertiary/aromatic N) is 3. The Hall–Kier alpha value is -3.95. The third-order valence-corrected chi connectivity index (χ3v) is 7.67. The molecule has 3 aromatic rings. The lowest BCUT2D eigenvalue weighted by Gasteiger charge is -2.36. The van der Waals surface area contributed by atoms with Gasteiger partial charge in [-0.1, -0.05) is 44.2 Å². The summed E-state index contributed by atoms with van der Waals surface area (Å²) in [4.78, 5) is 34.4. The Morgan fingerprint density at radius 3 is 2.57 bits per heavy atom. The standard InChI is InChI=1S/C33H43N5O4/c1-6-16-35-33(40)36-27-14-15-30-28(18-27)32(39)37(4)21-31(41-5)23(2)19-38(24(3)22-42-30)20-25-10-12-26(13-11-25)29-9-7-8-17-34-29/h7-15,17-18,23-24,31H,6,16,19-22H2,1-5H3,(H2,35,36,40)/t23-,24+,31-/m0/s1. The van der Waals surface area contributed by atoms with E-state index >= 15 is 0 Å². The molecule has 3 atom stereocenters. The summed E-state index contributed by atoms with van der Waals surface area (Å²) in [5.41, 5.74) is 4.15. The van der Waals surface area contributed by atoms with Gasteiger partial charge in [-0.15, -0.1) is 0 Å². The molecule has 0 radical (unpaired) electrons. The predicted octanol–water partition coefficient (Wildman–Crippen LogP) is 5.29. The predicted molar refractivity (Wildman–Crippen MR) is 166 cm³/mol. The number of nitrogens with one attached hydrogen (secondary N) is 2. The van der Waals surface area contributed by atoms with Crippen molar-refractivity contribution in [3.63, 3.8) is 0 Å². The molecule has 9 nitrogen and oxygen atoms in total. The smallest absolute Gasteiger partial charge is 0.319 e. The number of anilines is 1. The molecule has 0 spiro atoms. The van der Waals surface area contributed by atoms with Crippen molar-refractivity contribution < 1.29 is 19.1 Å². The summed E-state index contributed by atoms with van der Waals surface area (Å²) in [5, 5.41) is 5.61. The number of methoxy groups -OCH3 is 1. The molecule has 0 fully saturated rings. The van der Waals surface area contributed by atoms with E-state index in [2.05, 4.69) is 58.6 Å². The molecule has 2 aromatic carbocycles. The van der Waals surface area contributed by atoms with E-state index in [9.17, 15) is 9.59 Å². The number of benzene rings is 2. The fraction of sp³-hybridized carbons (Fsp3) is 0.424. The van der Waals surface area contributed by atoms with Crippen molar-refractivity contribution in [2.24, 2.45) is 5.92 Å². The zero-order valence-corrected chi connectivity index (χ0v) is 25.3. The molecule has 1 aliphatic heterocycles. The molecular weight excluding hydrogens is 530 g/mol. The van der Waals surface area contributed by atoms with Crippen LogP contribution in [0.5, 0.6) is 5.75 Å². The highest BCUT2D eigenvalue weighted by Crippen LogP contribution is 2.27. The van der Waals surface area contributed by atoms with Gasteiger partial charge in [0.2, 0.25) is 0 Å². The van der Waals surface area contributed by atoms with E-state index in [1.165, 1.54) is 5.56 Å². The van der Waals surface area contributed by atoms with Crippen molar-refractivity contribution in [3.05, 3.63) is 78.0 Å². The van der Waals surface area contributed by atoms with Gasteiger partial charge in [0, 0.05) is 63.8 Å². The van der Waals surface area contributed by atoms with Crippen LogP contribution in [0.2, 0.25) is 0 Å². The first kappa shape index (κ1) is 31.0. The highest BCUT2D eigenvalue weighted by molar-refractivity contribution is 5.99. The quantitative estimate of drug-likeness (QED) is 0.399. The number of hydrogen-bond donors (Lipinski definition) is 2. The van der Waals surface area contributed by atoms with Crippen LogP contribution in [0.1, 0.15) is 43.1 Å². The van der Waals surface area contributed by atoms with E-state index in [0.717, 1.165) is 30.8 Å². The SMILES string of the molecule is CCCNC(=O)Nc1ccc2c(c1)C(=O)N(C)C[C@H](OC)[C@@H](C)CN(Cc1ccc(-c3ccccn3)cc1)[C@H](C)CO2. The molecule has 4 rings (SSSR count). The van der Waals surface area contributed by atoms with Crippen molar-refractivity contribution in [2.45, 2.75) is 45.9 Å². The number of carbonyl (C=O) groups is 2. The number of urea groups is 1. The summed E-state index contributed by atoms with van der Waals surface area (Å²) >= 11 is 0. The lowest BCUT2D eigenvalue weighted by Crippen LogP contribution is -2.46. The van der Waals surface area contributed by atoms with Gasteiger partial charge in [-0.25, -0.2) is 4.79 Å². The molecule has 1 aromatic heterocycles. The topological polar surface area (TPSA) is 96.0 Å². The van der Waals surface area contributed by atoms with Crippen LogP contribution >= 0.6 is 0 Å². The number of carbonyl (C=O) groups excluding carboxylic acids is 2. The maximum absolute atomic E-state index is 13.6. The first-order valence-electron chi connectivity index (χ1n) is 14.6. The molecule has 3 amide bonds. The van der Waals surface area contributed by atoms with Crippen molar-refractivity contribution in [1.82, 2.24) is 20.1 Å². The lowest BCUT2D eigenvalue weighted by atomic mass is 10.0. The largest absolute Gasteiger partial charge is 0.491 e. The van der Waals surface area contributed by atoms with Gasteiger partial charge in [0.15, 0.2) is 0 Å². The first-order valence-corrected chi connectivity index (χ1v) is 14.6. The molecule has 2 N–H and O–H groups in total. The minimum absolute atomic E-state index is 0.0538. The maximum atomic E-state index is 13.6. The van der Waals surface area contributed by atoms with Crippen LogP contribution in [0.15, 0.2) is 66.9 Å². The summed E-state index contributed by atoms with van der Waals surface area (Å²) < 4.78 is 12.2. The molecule has 2 heterocycles. The van der Waals surface area contributed by atoms with Crippen molar-refractivity contribution in [3.8, 4) is 17.0 Å². The van der Waals surface area contributed by atoms with Gasteiger partial charge in [-0.3, -0.25) is 14.7 Å². The fourth-order valence-electron chi connectivity index (χ4n) is 5.11. The molecule has 0 saturated heterocycles. The zero-order chi connectivity index (χ0) is 30.1. The number of pyridine rings is 1. The Balaban J connectivity index is 1.57. The van der Waals surface area contributed by atoms with Crippen LogP contribution in [0.3, 0.4) is 0 Å². The average Bonchev–Trinajstić information content (AvgIpc) is 3.01. The molecule has 0 aliphatic carbocycles.